The van der Waals surface area contributed by atoms with Crippen LogP contribution in [-0.4, -0.2) is 35.0 Å². The minimum Gasteiger partial charge on any atom is -0.496 e. The molecule has 5 nitrogen and oxygen atoms in total. The van der Waals surface area contributed by atoms with Gasteiger partial charge in [0, 0.05) is 5.56 Å². The van der Waals surface area contributed by atoms with E-state index in [-0.39, 0.29) is 0 Å². The minimum atomic E-state index is 0.535. The standard InChI is InChI=1S/C29H32O5/c1-7-34-29-27(32-5)18-24(19-28(29)33-6)15-13-22-10-8-21(9-11-22)12-14-23-16-25(30-3)20(2)26(17-23)31-4/h8-19H,7H2,1-6H3. The lowest BCUT2D eigenvalue weighted by atomic mass is 10.1. The van der Waals surface area contributed by atoms with Crippen LogP contribution in [-0.2, 0) is 0 Å². The zero-order valence-corrected chi connectivity index (χ0v) is 20.7. The van der Waals surface area contributed by atoms with E-state index in [0.717, 1.165) is 39.3 Å². The second-order valence-corrected chi connectivity index (χ2v) is 7.57. The van der Waals surface area contributed by atoms with Gasteiger partial charge in [-0.2, -0.15) is 0 Å². The third kappa shape index (κ3) is 5.93. The Morgan fingerprint density at radius 3 is 1.26 bits per heavy atom. The Kier molecular flexibility index (Phi) is 8.63. The van der Waals surface area contributed by atoms with Gasteiger partial charge in [0.15, 0.2) is 11.5 Å². The van der Waals surface area contributed by atoms with Gasteiger partial charge in [0.25, 0.3) is 0 Å². The summed E-state index contributed by atoms with van der Waals surface area (Å²) in [7, 11) is 6.58. The smallest absolute Gasteiger partial charge is 0.203 e. The molecule has 0 saturated carbocycles. The van der Waals surface area contributed by atoms with Crippen molar-refractivity contribution in [3.05, 3.63) is 76.3 Å². The Morgan fingerprint density at radius 1 is 0.559 bits per heavy atom. The summed E-state index contributed by atoms with van der Waals surface area (Å²) >= 11 is 0. The second-order valence-electron chi connectivity index (χ2n) is 7.57. The summed E-state index contributed by atoms with van der Waals surface area (Å²) in [6.45, 7) is 4.45. The minimum absolute atomic E-state index is 0.535. The largest absolute Gasteiger partial charge is 0.496 e. The molecule has 0 heterocycles. The second kappa shape index (κ2) is 11.8. The Morgan fingerprint density at radius 2 is 0.912 bits per heavy atom. The van der Waals surface area contributed by atoms with Crippen LogP contribution in [0.25, 0.3) is 24.3 Å². The van der Waals surface area contributed by atoms with Crippen LogP contribution in [0.4, 0.5) is 0 Å². The third-order valence-electron chi connectivity index (χ3n) is 5.42. The average molecular weight is 461 g/mol. The first-order valence-electron chi connectivity index (χ1n) is 11.1. The number of ether oxygens (including phenoxy) is 5. The van der Waals surface area contributed by atoms with Crippen LogP contribution in [0.1, 0.15) is 34.7 Å². The van der Waals surface area contributed by atoms with Crippen molar-refractivity contribution in [2.24, 2.45) is 0 Å². The molecule has 3 aromatic rings. The predicted molar refractivity (Wildman–Crippen MR) is 139 cm³/mol. The first-order valence-corrected chi connectivity index (χ1v) is 11.1. The zero-order chi connectivity index (χ0) is 24.5. The predicted octanol–water partition coefficient (Wildman–Crippen LogP) is 6.77. The highest BCUT2D eigenvalue weighted by atomic mass is 16.5. The van der Waals surface area contributed by atoms with Gasteiger partial charge in [0.2, 0.25) is 5.75 Å². The van der Waals surface area contributed by atoms with Gasteiger partial charge in [-0.3, -0.25) is 0 Å². The number of hydrogen-bond acceptors (Lipinski definition) is 5. The SMILES string of the molecule is CCOc1c(OC)cc(C=Cc2ccc(C=Cc3cc(OC)c(C)c(OC)c3)cc2)cc1OC. The van der Waals surface area contributed by atoms with Crippen LogP contribution in [0.2, 0.25) is 0 Å². The molecule has 0 aliphatic heterocycles. The van der Waals surface area contributed by atoms with Gasteiger partial charge >= 0.3 is 0 Å². The lowest BCUT2D eigenvalue weighted by Gasteiger charge is -2.14. The van der Waals surface area contributed by atoms with Crippen LogP contribution < -0.4 is 23.7 Å². The molecule has 0 aliphatic rings. The lowest BCUT2D eigenvalue weighted by Crippen LogP contribution is -1.99. The summed E-state index contributed by atoms with van der Waals surface area (Å²) in [5.41, 5.74) is 5.15. The summed E-state index contributed by atoms with van der Waals surface area (Å²) in [5.74, 6) is 3.52. The maximum absolute atomic E-state index is 5.67. The fourth-order valence-electron chi connectivity index (χ4n) is 3.59. The summed E-state index contributed by atoms with van der Waals surface area (Å²) < 4.78 is 27.6. The van der Waals surface area contributed by atoms with Crippen molar-refractivity contribution in [3.8, 4) is 28.7 Å². The Balaban J connectivity index is 1.77. The van der Waals surface area contributed by atoms with Crippen molar-refractivity contribution >= 4 is 24.3 Å². The van der Waals surface area contributed by atoms with Gasteiger partial charge in [0.1, 0.15) is 11.5 Å². The van der Waals surface area contributed by atoms with Crippen molar-refractivity contribution in [1.29, 1.82) is 0 Å². The molecule has 0 bridgehead atoms. The molecule has 0 unspecified atom stereocenters. The molecule has 0 saturated heterocycles. The maximum Gasteiger partial charge on any atom is 0.203 e. The van der Waals surface area contributed by atoms with E-state index in [4.69, 9.17) is 23.7 Å². The molecule has 5 heteroatoms. The molecule has 0 amide bonds. The van der Waals surface area contributed by atoms with Crippen LogP contribution in [0.3, 0.4) is 0 Å². The summed E-state index contributed by atoms with van der Waals surface area (Å²) in [5, 5.41) is 0. The quantitative estimate of drug-likeness (QED) is 0.313. The van der Waals surface area contributed by atoms with E-state index in [2.05, 4.69) is 36.4 Å². The first-order chi connectivity index (χ1) is 16.5. The van der Waals surface area contributed by atoms with Crippen molar-refractivity contribution < 1.29 is 23.7 Å². The Bertz CT molecular complexity index is 1110. The summed E-state index contributed by atoms with van der Waals surface area (Å²) in [6.07, 6.45) is 8.20. The van der Waals surface area contributed by atoms with Crippen molar-refractivity contribution in [1.82, 2.24) is 0 Å². The van der Waals surface area contributed by atoms with Gasteiger partial charge in [-0.1, -0.05) is 48.6 Å². The summed E-state index contributed by atoms with van der Waals surface area (Å²) in [4.78, 5) is 0. The van der Waals surface area contributed by atoms with Crippen molar-refractivity contribution in [2.75, 3.05) is 35.0 Å². The Hall–Kier alpha value is -3.86. The van der Waals surface area contributed by atoms with E-state index >= 15 is 0 Å². The van der Waals surface area contributed by atoms with Crippen LogP contribution in [0, 0.1) is 6.92 Å². The van der Waals surface area contributed by atoms with Gasteiger partial charge in [0.05, 0.1) is 35.0 Å². The molecule has 0 radical (unpaired) electrons. The molecular weight excluding hydrogens is 428 g/mol. The highest BCUT2D eigenvalue weighted by Gasteiger charge is 2.13. The lowest BCUT2D eigenvalue weighted by molar-refractivity contribution is 0.288. The van der Waals surface area contributed by atoms with Gasteiger partial charge < -0.3 is 23.7 Å². The van der Waals surface area contributed by atoms with E-state index in [1.165, 1.54) is 0 Å². The topological polar surface area (TPSA) is 46.2 Å². The van der Waals surface area contributed by atoms with E-state index in [1.807, 2.05) is 50.3 Å². The molecule has 178 valence electrons. The van der Waals surface area contributed by atoms with Crippen LogP contribution >= 0.6 is 0 Å². The third-order valence-corrected chi connectivity index (χ3v) is 5.42. The van der Waals surface area contributed by atoms with E-state index in [1.54, 1.807) is 28.4 Å². The van der Waals surface area contributed by atoms with Gasteiger partial charge in [-0.25, -0.2) is 0 Å². The van der Waals surface area contributed by atoms with Crippen molar-refractivity contribution in [2.45, 2.75) is 13.8 Å². The number of benzene rings is 3. The van der Waals surface area contributed by atoms with Crippen LogP contribution in [0.15, 0.2) is 48.5 Å². The molecule has 0 atom stereocenters. The maximum atomic E-state index is 5.67. The molecule has 34 heavy (non-hydrogen) atoms. The first kappa shape index (κ1) is 24.8. The highest BCUT2D eigenvalue weighted by Crippen LogP contribution is 2.39. The molecule has 0 aromatic heterocycles. The summed E-state index contributed by atoms with van der Waals surface area (Å²) in [6, 6.07) is 16.2. The van der Waals surface area contributed by atoms with Gasteiger partial charge in [-0.15, -0.1) is 0 Å². The monoisotopic (exact) mass is 460 g/mol. The Labute approximate surface area is 202 Å². The molecule has 0 fully saturated rings. The van der Waals surface area contributed by atoms with E-state index < -0.39 is 0 Å². The zero-order valence-electron chi connectivity index (χ0n) is 20.7. The van der Waals surface area contributed by atoms with Crippen molar-refractivity contribution in [3.63, 3.8) is 0 Å². The molecule has 0 N–H and O–H groups in total. The molecule has 0 aliphatic carbocycles. The fourth-order valence-corrected chi connectivity index (χ4v) is 3.59. The normalized spacial score (nSPS) is 11.1. The highest BCUT2D eigenvalue weighted by molar-refractivity contribution is 5.75. The molecular formula is C29H32O5. The molecule has 0 spiro atoms. The number of methoxy groups -OCH3 is 4. The van der Waals surface area contributed by atoms with E-state index in [0.29, 0.717) is 23.9 Å². The number of rotatable bonds is 10. The van der Waals surface area contributed by atoms with Crippen LogP contribution in [0.5, 0.6) is 28.7 Å². The average Bonchev–Trinajstić information content (AvgIpc) is 2.87. The number of hydrogen-bond donors (Lipinski definition) is 0. The van der Waals surface area contributed by atoms with Gasteiger partial charge in [-0.05, 0) is 60.4 Å². The fraction of sp³-hybridized carbons (Fsp3) is 0.241. The van der Waals surface area contributed by atoms with E-state index in [9.17, 15) is 0 Å². The molecule has 3 rings (SSSR count). The molecule has 3 aromatic carbocycles.